The second-order valence-corrected chi connectivity index (χ2v) is 3.86. The third kappa shape index (κ3) is 3.19. The first-order valence-corrected chi connectivity index (χ1v) is 5.64. The van der Waals surface area contributed by atoms with Gasteiger partial charge >= 0.3 is 0 Å². The van der Waals surface area contributed by atoms with Crippen LogP contribution in [0.25, 0.3) is 5.57 Å². The molecule has 0 fully saturated rings. The SMILES string of the molecule is CC/C=C(/C)c1cc(CCC)ccc1F. The average molecular weight is 206 g/mol. The second-order valence-electron chi connectivity index (χ2n) is 3.86. The first-order valence-electron chi connectivity index (χ1n) is 5.64. The predicted octanol–water partition coefficient (Wildman–Crippen LogP) is 4.59. The number of rotatable bonds is 4. The highest BCUT2D eigenvalue weighted by molar-refractivity contribution is 5.64. The van der Waals surface area contributed by atoms with Gasteiger partial charge in [-0.1, -0.05) is 32.4 Å². The van der Waals surface area contributed by atoms with E-state index < -0.39 is 0 Å². The summed E-state index contributed by atoms with van der Waals surface area (Å²) in [4.78, 5) is 0. The fraction of sp³-hybridized carbons (Fsp3) is 0.429. The minimum atomic E-state index is -0.114. The van der Waals surface area contributed by atoms with E-state index in [1.54, 1.807) is 6.07 Å². The van der Waals surface area contributed by atoms with Gasteiger partial charge in [0.05, 0.1) is 0 Å². The zero-order valence-electron chi connectivity index (χ0n) is 9.81. The van der Waals surface area contributed by atoms with Gasteiger partial charge in [-0.25, -0.2) is 4.39 Å². The van der Waals surface area contributed by atoms with Crippen LogP contribution >= 0.6 is 0 Å². The Morgan fingerprint density at radius 2 is 2.07 bits per heavy atom. The number of hydrogen-bond acceptors (Lipinski definition) is 0. The monoisotopic (exact) mass is 206 g/mol. The smallest absolute Gasteiger partial charge is 0.130 e. The van der Waals surface area contributed by atoms with Crippen LogP contribution in [0.3, 0.4) is 0 Å². The van der Waals surface area contributed by atoms with Gasteiger partial charge in [0.1, 0.15) is 5.82 Å². The van der Waals surface area contributed by atoms with E-state index in [1.807, 2.05) is 19.1 Å². The summed E-state index contributed by atoms with van der Waals surface area (Å²) in [5.74, 6) is -0.114. The zero-order valence-corrected chi connectivity index (χ0v) is 9.81. The normalized spacial score (nSPS) is 11.9. The van der Waals surface area contributed by atoms with Crippen LogP contribution in [0, 0.1) is 5.82 Å². The van der Waals surface area contributed by atoms with Crippen molar-refractivity contribution < 1.29 is 4.39 Å². The van der Waals surface area contributed by atoms with E-state index in [0.717, 1.165) is 30.4 Å². The van der Waals surface area contributed by atoms with Gasteiger partial charge in [0, 0.05) is 5.56 Å². The number of aryl methyl sites for hydroxylation is 1. The molecule has 1 aromatic rings. The summed E-state index contributed by atoms with van der Waals surface area (Å²) in [5, 5.41) is 0. The van der Waals surface area contributed by atoms with Crippen LogP contribution in [0.4, 0.5) is 4.39 Å². The molecule has 0 aliphatic carbocycles. The van der Waals surface area contributed by atoms with Crippen LogP contribution in [-0.4, -0.2) is 0 Å². The Bertz CT molecular complexity index is 350. The van der Waals surface area contributed by atoms with E-state index in [9.17, 15) is 4.39 Å². The zero-order chi connectivity index (χ0) is 11.3. The lowest BCUT2D eigenvalue weighted by molar-refractivity contribution is 0.622. The van der Waals surface area contributed by atoms with Gasteiger partial charge in [-0.05, 0) is 43.0 Å². The Morgan fingerprint density at radius 1 is 1.33 bits per heavy atom. The highest BCUT2D eigenvalue weighted by Gasteiger charge is 2.04. The van der Waals surface area contributed by atoms with Crippen LogP contribution in [0.2, 0.25) is 0 Å². The quantitative estimate of drug-likeness (QED) is 0.675. The lowest BCUT2D eigenvalue weighted by Crippen LogP contribution is -1.91. The van der Waals surface area contributed by atoms with Crippen molar-refractivity contribution in [3.05, 3.63) is 41.2 Å². The van der Waals surface area contributed by atoms with Crippen LogP contribution in [0.15, 0.2) is 24.3 Å². The Morgan fingerprint density at radius 3 is 2.67 bits per heavy atom. The van der Waals surface area contributed by atoms with E-state index >= 15 is 0 Å². The first kappa shape index (κ1) is 12.0. The van der Waals surface area contributed by atoms with Crippen LogP contribution in [0.1, 0.15) is 44.7 Å². The molecule has 15 heavy (non-hydrogen) atoms. The maximum atomic E-state index is 13.5. The Hall–Kier alpha value is -1.11. The molecular formula is C14H19F. The summed E-state index contributed by atoms with van der Waals surface area (Å²) >= 11 is 0. The topological polar surface area (TPSA) is 0 Å². The van der Waals surface area contributed by atoms with Crippen molar-refractivity contribution in [2.75, 3.05) is 0 Å². The van der Waals surface area contributed by atoms with E-state index in [1.165, 1.54) is 5.56 Å². The van der Waals surface area contributed by atoms with Crippen molar-refractivity contribution in [2.24, 2.45) is 0 Å². The third-order valence-corrected chi connectivity index (χ3v) is 2.50. The molecule has 0 aliphatic rings. The molecule has 0 saturated heterocycles. The van der Waals surface area contributed by atoms with Crippen molar-refractivity contribution in [2.45, 2.75) is 40.0 Å². The molecule has 0 amide bonds. The lowest BCUT2D eigenvalue weighted by Gasteiger charge is -2.06. The highest BCUT2D eigenvalue weighted by atomic mass is 19.1. The van der Waals surface area contributed by atoms with Gasteiger partial charge in [-0.2, -0.15) is 0 Å². The third-order valence-electron chi connectivity index (χ3n) is 2.50. The molecule has 0 N–H and O–H groups in total. The van der Waals surface area contributed by atoms with E-state index in [2.05, 4.69) is 19.9 Å². The van der Waals surface area contributed by atoms with Crippen molar-refractivity contribution in [1.82, 2.24) is 0 Å². The summed E-state index contributed by atoms with van der Waals surface area (Å²) in [6.45, 7) is 6.17. The van der Waals surface area contributed by atoms with Crippen LogP contribution in [0.5, 0.6) is 0 Å². The molecule has 1 aromatic carbocycles. The van der Waals surface area contributed by atoms with Gasteiger partial charge in [-0.15, -0.1) is 0 Å². The maximum absolute atomic E-state index is 13.5. The van der Waals surface area contributed by atoms with Crippen molar-refractivity contribution in [1.29, 1.82) is 0 Å². The average Bonchev–Trinajstić information content (AvgIpc) is 2.21. The summed E-state index contributed by atoms with van der Waals surface area (Å²) < 4.78 is 13.5. The Kier molecular flexibility index (Phi) is 4.54. The molecule has 0 spiro atoms. The molecule has 0 nitrogen and oxygen atoms in total. The minimum absolute atomic E-state index is 0.114. The van der Waals surface area contributed by atoms with Gasteiger partial charge in [0.2, 0.25) is 0 Å². The van der Waals surface area contributed by atoms with Gasteiger partial charge in [-0.3, -0.25) is 0 Å². The van der Waals surface area contributed by atoms with Crippen molar-refractivity contribution in [3.8, 4) is 0 Å². The molecule has 82 valence electrons. The number of allylic oxidation sites excluding steroid dienone is 2. The van der Waals surface area contributed by atoms with Gasteiger partial charge < -0.3 is 0 Å². The number of benzene rings is 1. The Balaban J connectivity index is 3.04. The molecule has 0 aromatic heterocycles. The number of hydrogen-bond donors (Lipinski definition) is 0. The lowest BCUT2D eigenvalue weighted by atomic mass is 10.0. The largest absolute Gasteiger partial charge is 0.206 e. The summed E-state index contributed by atoms with van der Waals surface area (Å²) in [6, 6.07) is 5.43. The van der Waals surface area contributed by atoms with Crippen LogP contribution in [-0.2, 0) is 6.42 Å². The fourth-order valence-corrected chi connectivity index (χ4v) is 1.73. The first-order chi connectivity index (χ1) is 7.19. The Labute approximate surface area is 91.8 Å². The van der Waals surface area contributed by atoms with Gasteiger partial charge in [0.15, 0.2) is 0 Å². The van der Waals surface area contributed by atoms with Crippen molar-refractivity contribution >= 4 is 5.57 Å². The molecule has 0 saturated carbocycles. The molecular weight excluding hydrogens is 187 g/mol. The minimum Gasteiger partial charge on any atom is -0.206 e. The van der Waals surface area contributed by atoms with E-state index in [4.69, 9.17) is 0 Å². The summed E-state index contributed by atoms with van der Waals surface area (Å²) in [6.07, 6.45) is 5.13. The fourth-order valence-electron chi connectivity index (χ4n) is 1.73. The van der Waals surface area contributed by atoms with E-state index in [-0.39, 0.29) is 5.82 Å². The highest BCUT2D eigenvalue weighted by Crippen LogP contribution is 2.20. The van der Waals surface area contributed by atoms with Gasteiger partial charge in [0.25, 0.3) is 0 Å². The second kappa shape index (κ2) is 5.69. The molecule has 1 heteroatoms. The molecule has 0 radical (unpaired) electrons. The maximum Gasteiger partial charge on any atom is 0.130 e. The summed E-state index contributed by atoms with van der Waals surface area (Å²) in [5.41, 5.74) is 3.01. The number of halogens is 1. The van der Waals surface area contributed by atoms with Crippen LogP contribution < -0.4 is 0 Å². The molecule has 0 atom stereocenters. The molecule has 1 rings (SSSR count). The molecule has 0 heterocycles. The molecule has 0 aliphatic heterocycles. The standard InChI is InChI=1S/C14H19F/c1-4-6-11(3)13-10-12(7-5-2)8-9-14(13)15/h6,8-10H,4-5,7H2,1-3H3/b11-6-. The van der Waals surface area contributed by atoms with E-state index in [0.29, 0.717) is 0 Å². The summed E-state index contributed by atoms with van der Waals surface area (Å²) in [7, 11) is 0. The van der Waals surface area contributed by atoms with Crippen molar-refractivity contribution in [3.63, 3.8) is 0 Å². The molecule has 0 unspecified atom stereocenters. The molecule has 0 bridgehead atoms. The predicted molar refractivity (Wildman–Crippen MR) is 64.3 cm³/mol.